The van der Waals surface area contributed by atoms with Crippen molar-refractivity contribution in [2.75, 3.05) is 38.5 Å². The Morgan fingerprint density at radius 1 is 1.15 bits per heavy atom. The molecule has 7 nitrogen and oxygen atoms in total. The minimum atomic E-state index is -3.48. The summed E-state index contributed by atoms with van der Waals surface area (Å²) in [4.78, 5) is 11.3. The van der Waals surface area contributed by atoms with Crippen LogP contribution in [0.2, 0.25) is 0 Å². The van der Waals surface area contributed by atoms with Crippen molar-refractivity contribution in [3.63, 3.8) is 0 Å². The number of sulfonamides is 1. The Morgan fingerprint density at radius 3 is 2.41 bits per heavy atom. The van der Waals surface area contributed by atoms with Crippen molar-refractivity contribution in [1.29, 1.82) is 0 Å². The molecule has 9 heteroatoms. The van der Waals surface area contributed by atoms with E-state index in [1.54, 1.807) is 23.5 Å². The lowest BCUT2D eigenvalue weighted by molar-refractivity contribution is 0.222. The van der Waals surface area contributed by atoms with E-state index in [9.17, 15) is 8.42 Å². The standard InChI is InChI=1S/C18H27N5O2S2/c1-13(2)18-21-16(12-26-18)14(3)20-17-6-5-15(11-19-17)27(24,25)23-9-7-22(4)8-10-23/h5-6,11-14H,7-10H2,1-4H3,(H,19,20). The third-order valence-corrected chi connectivity index (χ3v) is 7.72. The van der Waals surface area contributed by atoms with Crippen LogP contribution in [0.4, 0.5) is 5.82 Å². The second-order valence-corrected chi connectivity index (χ2v) is 10.0. The lowest BCUT2D eigenvalue weighted by Crippen LogP contribution is -2.47. The maximum absolute atomic E-state index is 12.8. The van der Waals surface area contributed by atoms with Crippen LogP contribution in [0.3, 0.4) is 0 Å². The fourth-order valence-electron chi connectivity index (χ4n) is 2.86. The van der Waals surface area contributed by atoms with Crippen LogP contribution in [0.25, 0.3) is 0 Å². The fraction of sp³-hybridized carbons (Fsp3) is 0.556. The van der Waals surface area contributed by atoms with Gasteiger partial charge in [-0.3, -0.25) is 0 Å². The highest BCUT2D eigenvalue weighted by Crippen LogP contribution is 2.25. The van der Waals surface area contributed by atoms with E-state index in [0.29, 0.717) is 24.8 Å². The number of hydrogen-bond donors (Lipinski definition) is 1. The first kappa shape index (κ1) is 20.2. The molecule has 1 aliphatic rings. The van der Waals surface area contributed by atoms with Gasteiger partial charge in [0, 0.05) is 43.7 Å². The minimum Gasteiger partial charge on any atom is -0.362 e. The van der Waals surface area contributed by atoms with Gasteiger partial charge < -0.3 is 10.2 Å². The molecule has 0 spiro atoms. The zero-order valence-electron chi connectivity index (χ0n) is 16.2. The average Bonchev–Trinajstić information content (AvgIpc) is 3.13. The number of thiazole rings is 1. The largest absolute Gasteiger partial charge is 0.362 e. The van der Waals surface area contributed by atoms with E-state index < -0.39 is 10.0 Å². The number of nitrogens with one attached hydrogen (secondary N) is 1. The number of hydrogen-bond acceptors (Lipinski definition) is 7. The molecule has 2 aromatic rings. The average molecular weight is 410 g/mol. The minimum absolute atomic E-state index is 0.00124. The van der Waals surface area contributed by atoms with Crippen molar-refractivity contribution in [1.82, 2.24) is 19.2 Å². The first-order valence-corrected chi connectivity index (χ1v) is 11.5. The maximum atomic E-state index is 12.8. The molecule has 0 aliphatic carbocycles. The van der Waals surface area contributed by atoms with E-state index in [1.807, 2.05) is 14.0 Å². The summed E-state index contributed by atoms with van der Waals surface area (Å²) in [6.07, 6.45) is 1.43. The summed E-state index contributed by atoms with van der Waals surface area (Å²) in [5.74, 6) is 1.05. The number of pyridine rings is 1. The molecule has 0 bridgehead atoms. The molecule has 1 atom stereocenters. The molecule has 0 aromatic carbocycles. The van der Waals surface area contributed by atoms with Gasteiger partial charge in [-0.1, -0.05) is 13.8 Å². The molecular weight excluding hydrogens is 382 g/mol. The number of piperazine rings is 1. The molecule has 148 valence electrons. The first-order valence-electron chi connectivity index (χ1n) is 9.14. The van der Waals surface area contributed by atoms with E-state index in [-0.39, 0.29) is 10.9 Å². The summed E-state index contributed by atoms with van der Waals surface area (Å²) in [5, 5.41) is 6.46. The van der Waals surface area contributed by atoms with Crippen LogP contribution in [0.15, 0.2) is 28.6 Å². The molecule has 0 saturated carbocycles. The van der Waals surface area contributed by atoms with Crippen LogP contribution < -0.4 is 5.32 Å². The van der Waals surface area contributed by atoms with Crippen molar-refractivity contribution in [3.05, 3.63) is 34.4 Å². The van der Waals surface area contributed by atoms with Gasteiger partial charge in [0.2, 0.25) is 10.0 Å². The SMILES string of the molecule is CC(C)c1nc(C(C)Nc2ccc(S(=O)(=O)N3CCN(C)CC3)cn2)cs1. The molecule has 27 heavy (non-hydrogen) atoms. The van der Waals surface area contributed by atoms with Crippen molar-refractivity contribution in [3.8, 4) is 0 Å². The molecule has 1 aliphatic heterocycles. The summed E-state index contributed by atoms with van der Waals surface area (Å²) < 4.78 is 27.0. The van der Waals surface area contributed by atoms with E-state index in [2.05, 4.69) is 39.4 Å². The van der Waals surface area contributed by atoms with Crippen LogP contribution in [-0.4, -0.2) is 60.8 Å². The van der Waals surface area contributed by atoms with Crippen molar-refractivity contribution >= 4 is 27.2 Å². The Labute approximate surface area is 165 Å². The second-order valence-electron chi connectivity index (χ2n) is 7.22. The molecule has 1 N–H and O–H groups in total. The van der Waals surface area contributed by atoms with Gasteiger partial charge in [0.15, 0.2) is 0 Å². The van der Waals surface area contributed by atoms with Gasteiger partial charge in [-0.25, -0.2) is 18.4 Å². The Morgan fingerprint density at radius 2 is 1.85 bits per heavy atom. The number of anilines is 1. The lowest BCUT2D eigenvalue weighted by atomic mass is 10.2. The smallest absolute Gasteiger partial charge is 0.244 e. The molecule has 0 amide bonds. The topological polar surface area (TPSA) is 78.4 Å². The van der Waals surface area contributed by atoms with Gasteiger partial charge in [-0.15, -0.1) is 11.3 Å². The Bertz CT molecular complexity index is 856. The van der Waals surface area contributed by atoms with Crippen LogP contribution in [0.5, 0.6) is 0 Å². The van der Waals surface area contributed by atoms with Gasteiger partial charge in [0.25, 0.3) is 0 Å². The molecule has 1 fully saturated rings. The van der Waals surface area contributed by atoms with Gasteiger partial charge in [0.05, 0.1) is 16.7 Å². The van der Waals surface area contributed by atoms with E-state index in [4.69, 9.17) is 0 Å². The highest BCUT2D eigenvalue weighted by Gasteiger charge is 2.27. The van der Waals surface area contributed by atoms with E-state index in [0.717, 1.165) is 23.8 Å². The van der Waals surface area contributed by atoms with Crippen LogP contribution >= 0.6 is 11.3 Å². The third-order valence-electron chi connectivity index (χ3n) is 4.68. The number of aromatic nitrogens is 2. The van der Waals surface area contributed by atoms with Crippen LogP contribution in [0.1, 0.15) is 43.4 Å². The summed E-state index contributed by atoms with van der Waals surface area (Å²) in [6.45, 7) is 8.79. The van der Waals surface area contributed by atoms with Crippen LogP contribution in [-0.2, 0) is 10.0 Å². The summed E-state index contributed by atoms with van der Waals surface area (Å²) in [6, 6.07) is 3.34. The predicted molar refractivity (Wildman–Crippen MR) is 109 cm³/mol. The van der Waals surface area contributed by atoms with Gasteiger partial charge in [-0.05, 0) is 26.1 Å². The van der Waals surface area contributed by atoms with Crippen molar-refractivity contribution in [2.45, 2.75) is 37.6 Å². The Balaban J connectivity index is 1.67. The summed E-state index contributed by atoms with van der Waals surface area (Å²) in [5.41, 5.74) is 0.972. The van der Waals surface area contributed by atoms with E-state index in [1.165, 1.54) is 10.5 Å². The van der Waals surface area contributed by atoms with Crippen molar-refractivity contribution in [2.24, 2.45) is 0 Å². The third kappa shape index (κ3) is 4.66. The molecule has 3 heterocycles. The van der Waals surface area contributed by atoms with Crippen LogP contribution in [0, 0.1) is 0 Å². The highest BCUT2D eigenvalue weighted by atomic mass is 32.2. The predicted octanol–water partition coefficient (Wildman–Crippen LogP) is 2.77. The Hall–Kier alpha value is -1.55. The van der Waals surface area contributed by atoms with Crippen molar-refractivity contribution < 1.29 is 8.42 Å². The highest BCUT2D eigenvalue weighted by molar-refractivity contribution is 7.89. The molecule has 0 radical (unpaired) electrons. The quantitative estimate of drug-likeness (QED) is 0.790. The molecule has 2 aromatic heterocycles. The lowest BCUT2D eigenvalue weighted by Gasteiger charge is -2.31. The van der Waals surface area contributed by atoms with Gasteiger partial charge in [0.1, 0.15) is 10.7 Å². The second kappa shape index (κ2) is 8.22. The molecule has 1 saturated heterocycles. The maximum Gasteiger partial charge on any atom is 0.244 e. The molecule has 3 rings (SSSR count). The molecular formula is C18H27N5O2S2. The number of nitrogens with zero attached hydrogens (tertiary/aromatic N) is 4. The van der Waals surface area contributed by atoms with E-state index >= 15 is 0 Å². The normalized spacial score (nSPS) is 18.0. The van der Waals surface area contributed by atoms with Gasteiger partial charge >= 0.3 is 0 Å². The van der Waals surface area contributed by atoms with Gasteiger partial charge in [-0.2, -0.15) is 4.31 Å². The number of rotatable bonds is 6. The summed E-state index contributed by atoms with van der Waals surface area (Å²) >= 11 is 1.66. The summed E-state index contributed by atoms with van der Waals surface area (Å²) in [7, 11) is -1.48. The zero-order valence-corrected chi connectivity index (χ0v) is 17.8. The number of likely N-dealkylation sites (N-methyl/N-ethyl adjacent to an activating group) is 1. The Kier molecular flexibility index (Phi) is 6.15. The fourth-order valence-corrected chi connectivity index (χ4v) is 5.15. The monoisotopic (exact) mass is 409 g/mol. The zero-order chi connectivity index (χ0) is 19.6. The molecule has 1 unspecified atom stereocenters. The first-order chi connectivity index (χ1) is 12.8.